The molecule has 0 saturated carbocycles. The van der Waals surface area contributed by atoms with Crippen LogP contribution in [0.5, 0.6) is 11.5 Å². The molecule has 2 rings (SSSR count). The minimum atomic E-state index is 0.137. The second kappa shape index (κ2) is 11.0. The Balaban J connectivity index is 1.77. The molecule has 0 atom stereocenters. The van der Waals surface area contributed by atoms with E-state index in [9.17, 15) is 4.79 Å². The highest BCUT2D eigenvalue weighted by atomic mass is 16.5. The van der Waals surface area contributed by atoms with Crippen LogP contribution < -0.4 is 19.7 Å². The molecule has 1 fully saturated rings. The number of piperidine rings is 1. The molecule has 26 heavy (non-hydrogen) atoms. The van der Waals surface area contributed by atoms with Crippen molar-refractivity contribution in [2.75, 3.05) is 47.1 Å². The third-order valence-electron chi connectivity index (χ3n) is 4.96. The summed E-state index contributed by atoms with van der Waals surface area (Å²) in [5, 5.41) is 3.04. The number of methoxy groups -OCH3 is 2. The Labute approximate surface area is 156 Å². The number of carbonyl (C=O) groups is 1. The topological polar surface area (TPSA) is 61.2 Å². The van der Waals surface area contributed by atoms with Gasteiger partial charge in [-0.05, 0) is 31.5 Å². The summed E-state index contributed by atoms with van der Waals surface area (Å²) in [6.07, 6.45) is 2.73. The fourth-order valence-corrected chi connectivity index (χ4v) is 3.43. The molecule has 1 aliphatic rings. The Kier molecular flexibility index (Phi) is 8.71. The van der Waals surface area contributed by atoms with Crippen molar-refractivity contribution >= 4 is 5.91 Å². The summed E-state index contributed by atoms with van der Waals surface area (Å²) in [6, 6.07) is 5.92. The van der Waals surface area contributed by atoms with Gasteiger partial charge in [0.25, 0.3) is 0 Å². The molecule has 0 aliphatic carbocycles. The van der Waals surface area contributed by atoms with Crippen LogP contribution >= 0.6 is 0 Å². The molecule has 1 amide bonds. The fourth-order valence-electron chi connectivity index (χ4n) is 3.43. The fraction of sp³-hybridized carbons (Fsp3) is 0.650. The highest BCUT2D eigenvalue weighted by Crippen LogP contribution is 2.23. The highest BCUT2D eigenvalue weighted by Gasteiger charge is 2.27. The molecule has 2 N–H and O–H groups in total. The van der Waals surface area contributed by atoms with Crippen molar-refractivity contribution in [1.29, 1.82) is 0 Å². The lowest BCUT2D eigenvalue weighted by atomic mass is 9.95. The summed E-state index contributed by atoms with van der Waals surface area (Å²) in [6.45, 7) is 7.01. The van der Waals surface area contributed by atoms with Crippen molar-refractivity contribution < 1.29 is 23.9 Å². The quantitative estimate of drug-likeness (QED) is 0.609. The first-order valence-corrected chi connectivity index (χ1v) is 9.57. The first-order chi connectivity index (χ1) is 12.7. The average Bonchev–Trinajstić information content (AvgIpc) is 2.68. The van der Waals surface area contributed by atoms with Crippen LogP contribution in [0.1, 0.15) is 31.7 Å². The van der Waals surface area contributed by atoms with Gasteiger partial charge in [-0.15, -0.1) is 0 Å². The Morgan fingerprint density at radius 3 is 2.65 bits per heavy atom. The molecule has 1 aromatic carbocycles. The maximum atomic E-state index is 12.3. The number of ether oxygens (including phenoxy) is 3. The van der Waals surface area contributed by atoms with Gasteiger partial charge < -0.3 is 24.4 Å². The van der Waals surface area contributed by atoms with Gasteiger partial charge in [0.2, 0.25) is 5.91 Å². The van der Waals surface area contributed by atoms with E-state index in [1.54, 1.807) is 14.2 Å². The van der Waals surface area contributed by atoms with Crippen molar-refractivity contribution in [3.8, 4) is 11.5 Å². The predicted molar refractivity (Wildman–Crippen MR) is 101 cm³/mol. The molecule has 0 unspecified atom stereocenters. The van der Waals surface area contributed by atoms with Crippen LogP contribution in [-0.4, -0.2) is 53.0 Å². The van der Waals surface area contributed by atoms with Crippen LogP contribution in [0.3, 0.4) is 0 Å². The lowest BCUT2D eigenvalue weighted by Gasteiger charge is -2.29. The molecule has 0 bridgehead atoms. The predicted octanol–water partition coefficient (Wildman–Crippen LogP) is 1.04. The van der Waals surface area contributed by atoms with Gasteiger partial charge in [-0.1, -0.05) is 0 Å². The highest BCUT2D eigenvalue weighted by molar-refractivity contribution is 5.78. The standard InChI is InChI=1S/C20H32N2O4/c1-4-26-13-5-10-21-20(23)16-8-11-22(12-9-16)15-17-14-18(24-2)6-7-19(17)25-3/h6-7,14,16H,4-5,8-13,15H2,1-3H3,(H,21,23)/p+1. The van der Waals surface area contributed by atoms with Crippen LogP contribution in [0.2, 0.25) is 0 Å². The summed E-state index contributed by atoms with van der Waals surface area (Å²) >= 11 is 0. The van der Waals surface area contributed by atoms with Gasteiger partial charge >= 0.3 is 0 Å². The van der Waals surface area contributed by atoms with Crippen molar-refractivity contribution in [3.05, 3.63) is 23.8 Å². The molecule has 1 saturated heterocycles. The summed E-state index contributed by atoms with van der Waals surface area (Å²) in [4.78, 5) is 13.8. The summed E-state index contributed by atoms with van der Waals surface area (Å²) < 4.78 is 16.1. The van der Waals surface area contributed by atoms with Gasteiger partial charge in [0.15, 0.2) is 0 Å². The average molecular weight is 365 g/mol. The normalized spacial score (nSPS) is 19.8. The Morgan fingerprint density at radius 2 is 2.00 bits per heavy atom. The number of amides is 1. The van der Waals surface area contributed by atoms with E-state index in [1.807, 2.05) is 25.1 Å². The van der Waals surface area contributed by atoms with Crippen molar-refractivity contribution in [1.82, 2.24) is 5.32 Å². The van der Waals surface area contributed by atoms with E-state index in [0.29, 0.717) is 13.2 Å². The van der Waals surface area contributed by atoms with E-state index in [1.165, 1.54) is 4.90 Å². The number of hydrogen-bond donors (Lipinski definition) is 2. The maximum absolute atomic E-state index is 12.3. The summed E-state index contributed by atoms with van der Waals surface area (Å²) in [7, 11) is 3.37. The number of rotatable bonds is 10. The van der Waals surface area contributed by atoms with Crippen molar-refractivity contribution in [2.45, 2.75) is 32.7 Å². The van der Waals surface area contributed by atoms with Crippen LogP contribution in [0.15, 0.2) is 18.2 Å². The molecule has 0 spiro atoms. The number of quaternary nitrogens is 1. The zero-order valence-electron chi connectivity index (χ0n) is 16.3. The monoisotopic (exact) mass is 365 g/mol. The first kappa shape index (κ1) is 20.5. The van der Waals surface area contributed by atoms with E-state index in [2.05, 4.69) is 5.32 Å². The van der Waals surface area contributed by atoms with Crippen LogP contribution in [0, 0.1) is 5.92 Å². The molecule has 1 heterocycles. The third-order valence-corrected chi connectivity index (χ3v) is 4.96. The number of likely N-dealkylation sites (tertiary alicyclic amines) is 1. The van der Waals surface area contributed by atoms with Crippen LogP contribution in [-0.2, 0) is 16.1 Å². The molecule has 0 radical (unpaired) electrons. The number of carbonyl (C=O) groups excluding carboxylic acids is 1. The van der Waals surface area contributed by atoms with E-state index < -0.39 is 0 Å². The molecular formula is C20H33N2O4+. The van der Waals surface area contributed by atoms with Crippen LogP contribution in [0.4, 0.5) is 0 Å². The van der Waals surface area contributed by atoms with Crippen LogP contribution in [0.25, 0.3) is 0 Å². The minimum Gasteiger partial charge on any atom is -0.497 e. The van der Waals surface area contributed by atoms with Gasteiger partial charge in [0.05, 0.1) is 32.9 Å². The molecule has 6 heteroatoms. The van der Waals surface area contributed by atoms with Crippen molar-refractivity contribution in [2.24, 2.45) is 5.92 Å². The van der Waals surface area contributed by atoms with Gasteiger partial charge in [-0.25, -0.2) is 0 Å². The van der Waals surface area contributed by atoms with E-state index >= 15 is 0 Å². The molecular weight excluding hydrogens is 332 g/mol. The largest absolute Gasteiger partial charge is 0.497 e. The molecule has 1 aliphatic heterocycles. The first-order valence-electron chi connectivity index (χ1n) is 9.57. The zero-order chi connectivity index (χ0) is 18.8. The second-order valence-corrected chi connectivity index (χ2v) is 6.72. The van der Waals surface area contributed by atoms with Gasteiger partial charge in [-0.2, -0.15) is 0 Å². The minimum absolute atomic E-state index is 0.137. The van der Waals surface area contributed by atoms with Gasteiger partial charge in [0.1, 0.15) is 18.0 Å². The lowest BCUT2D eigenvalue weighted by molar-refractivity contribution is -0.919. The van der Waals surface area contributed by atoms with E-state index in [-0.39, 0.29) is 11.8 Å². The summed E-state index contributed by atoms with van der Waals surface area (Å²) in [5.41, 5.74) is 1.15. The lowest BCUT2D eigenvalue weighted by Crippen LogP contribution is -3.11. The van der Waals surface area contributed by atoms with Gasteiger partial charge in [0, 0.05) is 38.5 Å². The SMILES string of the molecule is CCOCCCNC(=O)C1CC[NH+](Cc2cc(OC)ccc2OC)CC1. The molecule has 6 nitrogen and oxygen atoms in total. The number of nitrogens with one attached hydrogen (secondary N) is 2. The third kappa shape index (κ3) is 6.18. The zero-order valence-corrected chi connectivity index (χ0v) is 16.3. The van der Waals surface area contributed by atoms with E-state index in [4.69, 9.17) is 14.2 Å². The Bertz CT molecular complexity index is 557. The Hall–Kier alpha value is -1.79. The molecule has 0 aromatic heterocycles. The Morgan fingerprint density at radius 1 is 1.23 bits per heavy atom. The summed E-state index contributed by atoms with van der Waals surface area (Å²) in [5.74, 6) is 2.08. The van der Waals surface area contributed by atoms with Gasteiger partial charge in [-0.3, -0.25) is 4.79 Å². The second-order valence-electron chi connectivity index (χ2n) is 6.72. The molecule has 146 valence electrons. The number of hydrogen-bond acceptors (Lipinski definition) is 4. The maximum Gasteiger partial charge on any atom is 0.223 e. The smallest absolute Gasteiger partial charge is 0.223 e. The van der Waals surface area contributed by atoms with E-state index in [0.717, 1.165) is 62.6 Å². The van der Waals surface area contributed by atoms with Crippen molar-refractivity contribution in [3.63, 3.8) is 0 Å². The number of benzene rings is 1. The molecule has 1 aromatic rings.